The van der Waals surface area contributed by atoms with Gasteiger partial charge in [-0.3, -0.25) is 0 Å². The van der Waals surface area contributed by atoms with Crippen molar-refractivity contribution in [2.45, 2.75) is 26.7 Å². The van der Waals surface area contributed by atoms with Gasteiger partial charge in [-0.1, -0.05) is 44.2 Å². The van der Waals surface area contributed by atoms with Gasteiger partial charge in [0.1, 0.15) is 11.5 Å². The van der Waals surface area contributed by atoms with Gasteiger partial charge < -0.3 is 10.2 Å². The highest BCUT2D eigenvalue weighted by Crippen LogP contribution is 2.34. The lowest BCUT2D eigenvalue weighted by atomic mass is 10.0. The minimum Gasteiger partial charge on any atom is -0.508 e. The molecule has 0 aliphatic carbocycles. The quantitative estimate of drug-likeness (QED) is 0.777. The Labute approximate surface area is 122 Å². The molecule has 2 aromatic carbocycles. The largest absolute Gasteiger partial charge is 0.508 e. The van der Waals surface area contributed by atoms with Crippen molar-refractivity contribution in [3.05, 3.63) is 58.1 Å². The van der Waals surface area contributed by atoms with Crippen LogP contribution in [0.25, 0.3) is 0 Å². The van der Waals surface area contributed by atoms with Crippen LogP contribution in [0.4, 0.5) is 0 Å². The second-order valence-corrected chi connectivity index (χ2v) is 5.42. The van der Waals surface area contributed by atoms with E-state index < -0.39 is 0 Å². The lowest BCUT2D eigenvalue weighted by Crippen LogP contribution is -1.89. The van der Waals surface area contributed by atoms with Gasteiger partial charge in [0.15, 0.2) is 0 Å². The maximum atomic E-state index is 9.70. The molecule has 0 bridgehead atoms. The molecule has 0 fully saturated rings. The molecule has 2 aromatic rings. The molecular formula is C16H19BrO2. The molecule has 0 saturated carbocycles. The maximum Gasteiger partial charge on any atom is 0.133 e. The first-order valence-electron chi connectivity index (χ1n) is 6.15. The molecule has 0 saturated heterocycles. The van der Waals surface area contributed by atoms with Crippen molar-refractivity contribution in [1.82, 2.24) is 0 Å². The molecule has 0 radical (unpaired) electrons. The van der Waals surface area contributed by atoms with Crippen LogP contribution in [-0.2, 0) is 0 Å². The molecule has 102 valence electrons. The van der Waals surface area contributed by atoms with Gasteiger partial charge in [0.25, 0.3) is 0 Å². The summed E-state index contributed by atoms with van der Waals surface area (Å²) in [5.41, 5.74) is 2.06. The van der Waals surface area contributed by atoms with Gasteiger partial charge in [-0.2, -0.15) is 0 Å². The Balaban J connectivity index is 0.000000218. The van der Waals surface area contributed by atoms with Crippen LogP contribution >= 0.6 is 15.9 Å². The molecular weight excluding hydrogens is 304 g/mol. The number of aryl methyl sites for hydroxylation is 1. The zero-order chi connectivity index (χ0) is 14.4. The minimum atomic E-state index is 0.322. The van der Waals surface area contributed by atoms with Gasteiger partial charge in [0.2, 0.25) is 0 Å². The fraction of sp³-hybridized carbons (Fsp3) is 0.250. The molecule has 0 aliphatic rings. The summed E-state index contributed by atoms with van der Waals surface area (Å²) in [6.45, 7) is 6.10. The Morgan fingerprint density at radius 1 is 0.947 bits per heavy atom. The second-order valence-electron chi connectivity index (χ2n) is 4.62. The summed E-state index contributed by atoms with van der Waals surface area (Å²) in [5.74, 6) is 1.06. The number of phenolic OH excluding ortho intramolecular Hbond substituents is 2. The van der Waals surface area contributed by atoms with Crippen molar-refractivity contribution in [3.8, 4) is 11.5 Å². The molecule has 19 heavy (non-hydrogen) atoms. The monoisotopic (exact) mass is 322 g/mol. The molecule has 0 aliphatic heterocycles. The summed E-state index contributed by atoms with van der Waals surface area (Å²) < 4.78 is 0.814. The molecule has 3 heteroatoms. The Bertz CT molecular complexity index is 522. The third-order valence-corrected chi connectivity index (χ3v) is 3.72. The van der Waals surface area contributed by atoms with Crippen molar-refractivity contribution >= 4 is 15.9 Å². The van der Waals surface area contributed by atoms with Crippen molar-refractivity contribution in [1.29, 1.82) is 0 Å². The number of halogens is 1. The van der Waals surface area contributed by atoms with E-state index >= 15 is 0 Å². The summed E-state index contributed by atoms with van der Waals surface area (Å²) in [6.07, 6.45) is 0. The zero-order valence-corrected chi connectivity index (χ0v) is 13.0. The van der Waals surface area contributed by atoms with E-state index in [0.717, 1.165) is 15.6 Å². The van der Waals surface area contributed by atoms with E-state index in [1.54, 1.807) is 24.3 Å². The van der Waals surface area contributed by atoms with Gasteiger partial charge >= 0.3 is 0 Å². The predicted molar refractivity (Wildman–Crippen MR) is 82.7 cm³/mol. The molecule has 2 rings (SSSR count). The number of benzene rings is 2. The van der Waals surface area contributed by atoms with Gasteiger partial charge in [-0.25, -0.2) is 0 Å². The maximum absolute atomic E-state index is 9.70. The van der Waals surface area contributed by atoms with E-state index in [2.05, 4.69) is 29.8 Å². The van der Waals surface area contributed by atoms with Gasteiger partial charge in [-0.05, 0) is 52.0 Å². The van der Waals surface area contributed by atoms with Crippen LogP contribution in [-0.4, -0.2) is 10.2 Å². The highest BCUT2D eigenvalue weighted by atomic mass is 79.9. The van der Waals surface area contributed by atoms with E-state index in [1.165, 1.54) is 0 Å². The molecule has 0 heterocycles. The smallest absolute Gasteiger partial charge is 0.133 e. The van der Waals surface area contributed by atoms with Crippen LogP contribution in [0.2, 0.25) is 0 Å². The number of phenols is 2. The van der Waals surface area contributed by atoms with Crippen molar-refractivity contribution < 1.29 is 10.2 Å². The average molecular weight is 323 g/mol. The normalized spacial score (nSPS) is 9.95. The summed E-state index contributed by atoms with van der Waals surface area (Å²) in [5, 5.41) is 18.3. The number of hydrogen-bond acceptors (Lipinski definition) is 2. The number of rotatable bonds is 1. The van der Waals surface area contributed by atoms with Gasteiger partial charge in [0.05, 0.1) is 4.47 Å². The summed E-state index contributed by atoms with van der Waals surface area (Å²) in [4.78, 5) is 0. The van der Waals surface area contributed by atoms with Crippen LogP contribution in [0.15, 0.2) is 46.9 Å². The third-order valence-electron chi connectivity index (χ3n) is 2.72. The number of hydrogen-bond donors (Lipinski definition) is 2. The number of para-hydroxylation sites is 1. The van der Waals surface area contributed by atoms with E-state index in [0.29, 0.717) is 17.4 Å². The SMILES string of the molecule is Cc1ccc(C(C)C)c(O)c1Br.Oc1ccccc1. The molecule has 0 aromatic heterocycles. The molecule has 0 amide bonds. The van der Waals surface area contributed by atoms with Crippen LogP contribution < -0.4 is 0 Å². The lowest BCUT2D eigenvalue weighted by molar-refractivity contribution is 0.461. The van der Waals surface area contributed by atoms with E-state index in [-0.39, 0.29) is 0 Å². The second kappa shape index (κ2) is 7.19. The first-order valence-corrected chi connectivity index (χ1v) is 6.94. The molecule has 0 atom stereocenters. The predicted octanol–water partition coefficient (Wildman–Crippen LogP) is 4.98. The van der Waals surface area contributed by atoms with Crippen molar-refractivity contribution in [3.63, 3.8) is 0 Å². The van der Waals surface area contributed by atoms with Crippen LogP contribution in [0, 0.1) is 6.92 Å². The van der Waals surface area contributed by atoms with E-state index in [4.69, 9.17) is 5.11 Å². The Morgan fingerprint density at radius 3 is 1.95 bits per heavy atom. The number of aromatic hydroxyl groups is 2. The van der Waals surface area contributed by atoms with E-state index in [1.807, 2.05) is 25.1 Å². The van der Waals surface area contributed by atoms with Crippen LogP contribution in [0.5, 0.6) is 11.5 Å². The summed E-state index contributed by atoms with van der Waals surface area (Å²) in [6, 6.07) is 12.7. The fourth-order valence-electron chi connectivity index (χ4n) is 1.57. The van der Waals surface area contributed by atoms with Crippen LogP contribution in [0.3, 0.4) is 0 Å². The molecule has 0 unspecified atom stereocenters. The van der Waals surface area contributed by atoms with E-state index in [9.17, 15) is 5.11 Å². The lowest BCUT2D eigenvalue weighted by Gasteiger charge is -2.10. The minimum absolute atomic E-state index is 0.322. The molecule has 0 spiro atoms. The Morgan fingerprint density at radius 2 is 1.53 bits per heavy atom. The third kappa shape index (κ3) is 4.60. The standard InChI is InChI=1S/C10H13BrO.C6H6O/c1-6(2)8-5-4-7(3)9(11)10(8)12;7-6-4-2-1-3-5-6/h4-6,12H,1-3H3;1-5,7H. The van der Waals surface area contributed by atoms with Crippen molar-refractivity contribution in [2.24, 2.45) is 0 Å². The molecule has 2 N–H and O–H groups in total. The Kier molecular flexibility index (Phi) is 5.90. The van der Waals surface area contributed by atoms with Crippen molar-refractivity contribution in [2.75, 3.05) is 0 Å². The molecule has 2 nitrogen and oxygen atoms in total. The highest BCUT2D eigenvalue weighted by Gasteiger charge is 2.09. The fourth-order valence-corrected chi connectivity index (χ4v) is 1.94. The van der Waals surface area contributed by atoms with Gasteiger partial charge in [0, 0.05) is 0 Å². The summed E-state index contributed by atoms with van der Waals surface area (Å²) >= 11 is 3.35. The topological polar surface area (TPSA) is 40.5 Å². The average Bonchev–Trinajstić information content (AvgIpc) is 2.37. The highest BCUT2D eigenvalue weighted by molar-refractivity contribution is 9.10. The Hall–Kier alpha value is -1.48. The van der Waals surface area contributed by atoms with Crippen LogP contribution in [0.1, 0.15) is 30.9 Å². The summed E-state index contributed by atoms with van der Waals surface area (Å²) in [7, 11) is 0. The van der Waals surface area contributed by atoms with Gasteiger partial charge in [-0.15, -0.1) is 0 Å². The first-order chi connectivity index (χ1) is 8.93. The zero-order valence-electron chi connectivity index (χ0n) is 11.4. The first kappa shape index (κ1) is 15.6.